The molecule has 1 nitrogen and oxygen atoms in total. The highest BCUT2D eigenvalue weighted by Crippen LogP contribution is 2.34. The second-order valence-corrected chi connectivity index (χ2v) is 6.74. The van der Waals surface area contributed by atoms with Crippen molar-refractivity contribution in [3.63, 3.8) is 0 Å². The van der Waals surface area contributed by atoms with Crippen molar-refractivity contribution in [2.24, 2.45) is 5.92 Å². The van der Waals surface area contributed by atoms with Gasteiger partial charge < -0.3 is 5.11 Å². The zero-order valence-corrected chi connectivity index (χ0v) is 12.6. The first kappa shape index (κ1) is 13.3. The standard InChI is InChI=1S/C15H21IO/c1-15(17,13-5-3-2-4-6-13)11-12-7-9-14(16)10-8-12/h7-10,13,17H,2-6,11H2,1H3. The van der Waals surface area contributed by atoms with E-state index in [0.29, 0.717) is 5.92 Å². The van der Waals surface area contributed by atoms with Crippen LogP contribution in [0.5, 0.6) is 0 Å². The van der Waals surface area contributed by atoms with Gasteiger partial charge in [0.1, 0.15) is 0 Å². The lowest BCUT2D eigenvalue weighted by molar-refractivity contribution is -0.0159. The van der Waals surface area contributed by atoms with Crippen molar-refractivity contribution in [1.29, 1.82) is 0 Å². The number of halogens is 1. The van der Waals surface area contributed by atoms with Crippen molar-refractivity contribution in [3.05, 3.63) is 33.4 Å². The van der Waals surface area contributed by atoms with Crippen LogP contribution in [-0.4, -0.2) is 10.7 Å². The fraction of sp³-hybridized carbons (Fsp3) is 0.600. The molecule has 1 aromatic carbocycles. The zero-order chi connectivity index (χ0) is 12.3. The number of benzene rings is 1. The van der Waals surface area contributed by atoms with E-state index in [4.69, 9.17) is 0 Å². The van der Waals surface area contributed by atoms with Gasteiger partial charge in [-0.2, -0.15) is 0 Å². The van der Waals surface area contributed by atoms with Crippen LogP contribution >= 0.6 is 22.6 Å². The molecule has 1 aliphatic rings. The molecule has 1 unspecified atom stereocenters. The van der Waals surface area contributed by atoms with Crippen LogP contribution in [-0.2, 0) is 6.42 Å². The van der Waals surface area contributed by atoms with Gasteiger partial charge in [0.25, 0.3) is 0 Å². The summed E-state index contributed by atoms with van der Waals surface area (Å²) in [4.78, 5) is 0. The third-order valence-electron chi connectivity index (χ3n) is 3.96. The molecule has 0 aromatic heterocycles. The highest BCUT2D eigenvalue weighted by Gasteiger charge is 2.32. The highest BCUT2D eigenvalue weighted by molar-refractivity contribution is 14.1. The molecule has 1 saturated carbocycles. The number of aliphatic hydroxyl groups is 1. The largest absolute Gasteiger partial charge is 0.390 e. The summed E-state index contributed by atoms with van der Waals surface area (Å²) in [7, 11) is 0. The molecule has 0 spiro atoms. The minimum Gasteiger partial charge on any atom is -0.390 e. The van der Waals surface area contributed by atoms with E-state index in [9.17, 15) is 5.11 Å². The van der Waals surface area contributed by atoms with Gasteiger partial charge in [0.15, 0.2) is 0 Å². The molecule has 17 heavy (non-hydrogen) atoms. The van der Waals surface area contributed by atoms with E-state index in [1.165, 1.54) is 41.2 Å². The van der Waals surface area contributed by atoms with E-state index in [0.717, 1.165) is 6.42 Å². The quantitative estimate of drug-likeness (QED) is 0.817. The maximum Gasteiger partial charge on any atom is 0.0687 e. The molecule has 0 saturated heterocycles. The minimum atomic E-state index is -0.535. The Morgan fingerprint density at radius 2 is 1.76 bits per heavy atom. The number of rotatable bonds is 3. The lowest BCUT2D eigenvalue weighted by atomic mass is 9.75. The van der Waals surface area contributed by atoms with E-state index in [-0.39, 0.29) is 0 Å². The van der Waals surface area contributed by atoms with Crippen LogP contribution in [0, 0.1) is 9.49 Å². The van der Waals surface area contributed by atoms with Crippen molar-refractivity contribution in [3.8, 4) is 0 Å². The van der Waals surface area contributed by atoms with E-state index in [2.05, 4.69) is 46.9 Å². The SMILES string of the molecule is CC(O)(Cc1ccc(I)cc1)C1CCCCC1. The molecule has 0 bridgehead atoms. The summed E-state index contributed by atoms with van der Waals surface area (Å²) in [5.41, 5.74) is 0.716. The Morgan fingerprint density at radius 1 is 1.18 bits per heavy atom. The highest BCUT2D eigenvalue weighted by atomic mass is 127. The molecule has 0 amide bonds. The Labute approximate surface area is 118 Å². The van der Waals surface area contributed by atoms with Crippen LogP contribution < -0.4 is 0 Å². The fourth-order valence-electron chi connectivity index (χ4n) is 2.88. The zero-order valence-electron chi connectivity index (χ0n) is 10.5. The van der Waals surface area contributed by atoms with Crippen LogP contribution in [0.3, 0.4) is 0 Å². The van der Waals surface area contributed by atoms with Gasteiger partial charge in [-0.15, -0.1) is 0 Å². The maximum absolute atomic E-state index is 10.7. The number of hydrogen-bond donors (Lipinski definition) is 1. The first-order chi connectivity index (χ1) is 8.08. The summed E-state index contributed by atoms with van der Waals surface area (Å²) in [6.45, 7) is 2.01. The summed E-state index contributed by atoms with van der Waals surface area (Å²) in [6.07, 6.45) is 7.08. The van der Waals surface area contributed by atoms with Gasteiger partial charge >= 0.3 is 0 Å². The third kappa shape index (κ3) is 3.68. The van der Waals surface area contributed by atoms with Gasteiger partial charge in [-0.3, -0.25) is 0 Å². The molecule has 2 rings (SSSR count). The molecule has 1 atom stereocenters. The lowest BCUT2D eigenvalue weighted by Gasteiger charge is -2.35. The van der Waals surface area contributed by atoms with Crippen LogP contribution in [0.1, 0.15) is 44.6 Å². The van der Waals surface area contributed by atoms with Crippen molar-refractivity contribution < 1.29 is 5.11 Å². The van der Waals surface area contributed by atoms with Crippen LogP contribution in [0.25, 0.3) is 0 Å². The average Bonchev–Trinajstić information content (AvgIpc) is 2.33. The summed E-state index contributed by atoms with van der Waals surface area (Å²) in [5, 5.41) is 10.7. The fourth-order valence-corrected chi connectivity index (χ4v) is 3.24. The van der Waals surface area contributed by atoms with Crippen LogP contribution in [0.2, 0.25) is 0 Å². The predicted molar refractivity (Wildman–Crippen MR) is 80.1 cm³/mol. The summed E-state index contributed by atoms with van der Waals surface area (Å²) < 4.78 is 1.25. The van der Waals surface area contributed by atoms with Gasteiger partial charge in [0.2, 0.25) is 0 Å². The molecule has 0 heterocycles. The van der Waals surface area contributed by atoms with E-state index < -0.39 is 5.60 Å². The third-order valence-corrected chi connectivity index (χ3v) is 4.68. The van der Waals surface area contributed by atoms with Gasteiger partial charge in [0, 0.05) is 9.99 Å². The smallest absolute Gasteiger partial charge is 0.0687 e. The van der Waals surface area contributed by atoms with Gasteiger partial charge in [0.05, 0.1) is 5.60 Å². The van der Waals surface area contributed by atoms with Crippen LogP contribution in [0.4, 0.5) is 0 Å². The van der Waals surface area contributed by atoms with Gasteiger partial charge in [-0.05, 0) is 66.0 Å². The number of hydrogen-bond acceptors (Lipinski definition) is 1. The maximum atomic E-state index is 10.7. The molecule has 1 N–H and O–H groups in total. The van der Waals surface area contributed by atoms with E-state index >= 15 is 0 Å². The molecule has 1 aliphatic carbocycles. The first-order valence-electron chi connectivity index (χ1n) is 6.55. The molecule has 1 fully saturated rings. The molecule has 1 aromatic rings. The average molecular weight is 344 g/mol. The summed E-state index contributed by atoms with van der Waals surface area (Å²) in [6, 6.07) is 8.51. The summed E-state index contributed by atoms with van der Waals surface area (Å²) >= 11 is 2.31. The minimum absolute atomic E-state index is 0.482. The van der Waals surface area contributed by atoms with Crippen molar-refractivity contribution in [2.45, 2.75) is 51.0 Å². The second-order valence-electron chi connectivity index (χ2n) is 5.50. The second kappa shape index (κ2) is 5.70. The molecular formula is C15H21IO. The normalized spacial score (nSPS) is 21.1. The molecule has 0 aliphatic heterocycles. The van der Waals surface area contributed by atoms with Crippen molar-refractivity contribution in [2.75, 3.05) is 0 Å². The Hall–Kier alpha value is -0.0900. The lowest BCUT2D eigenvalue weighted by Crippen LogP contribution is -2.38. The molecular weight excluding hydrogens is 323 g/mol. The Morgan fingerprint density at radius 3 is 2.35 bits per heavy atom. The molecule has 0 radical (unpaired) electrons. The topological polar surface area (TPSA) is 20.2 Å². The van der Waals surface area contributed by atoms with E-state index in [1.807, 2.05) is 6.92 Å². The monoisotopic (exact) mass is 344 g/mol. The summed E-state index contributed by atoms with van der Waals surface area (Å²) in [5.74, 6) is 0.482. The molecule has 2 heteroatoms. The van der Waals surface area contributed by atoms with Crippen molar-refractivity contribution in [1.82, 2.24) is 0 Å². The van der Waals surface area contributed by atoms with E-state index in [1.54, 1.807) is 0 Å². The predicted octanol–water partition coefficient (Wildman–Crippen LogP) is 4.17. The van der Waals surface area contributed by atoms with Crippen molar-refractivity contribution >= 4 is 22.6 Å². The Bertz CT molecular complexity index is 350. The van der Waals surface area contributed by atoms with Crippen LogP contribution in [0.15, 0.2) is 24.3 Å². The van der Waals surface area contributed by atoms with Gasteiger partial charge in [-0.1, -0.05) is 31.4 Å². The Kier molecular flexibility index (Phi) is 4.47. The molecule has 94 valence electrons. The Balaban J connectivity index is 2.02. The first-order valence-corrected chi connectivity index (χ1v) is 7.62. The van der Waals surface area contributed by atoms with Gasteiger partial charge in [-0.25, -0.2) is 0 Å².